The number of carbonyl (C=O) groups excluding carboxylic acids is 2. The van der Waals surface area contributed by atoms with Crippen molar-refractivity contribution in [1.29, 1.82) is 0 Å². The molecule has 1 unspecified atom stereocenters. The third-order valence-electron chi connectivity index (χ3n) is 11.6. The van der Waals surface area contributed by atoms with E-state index in [9.17, 15) is 9.59 Å². The van der Waals surface area contributed by atoms with Crippen molar-refractivity contribution in [2.24, 2.45) is 22.2 Å². The Bertz CT molecular complexity index is 989. The Morgan fingerprint density at radius 2 is 0.831 bits per heavy atom. The summed E-state index contributed by atoms with van der Waals surface area (Å²) >= 11 is 0. The Morgan fingerprint density at radius 3 is 1.25 bits per heavy atom. The van der Waals surface area contributed by atoms with Gasteiger partial charge in [0, 0.05) is 19.4 Å². The van der Waals surface area contributed by atoms with Crippen LogP contribution in [0.1, 0.15) is 252 Å². The molecule has 7 N–H and O–H groups in total. The van der Waals surface area contributed by atoms with Gasteiger partial charge in [-0.2, -0.15) is 0 Å². The van der Waals surface area contributed by atoms with Crippen LogP contribution in [0.4, 0.5) is 0 Å². The first-order valence-corrected chi connectivity index (χ1v) is 25.3. The number of aliphatic imine (C=N–C) groups is 1. The van der Waals surface area contributed by atoms with Crippen molar-refractivity contribution in [3.8, 4) is 0 Å². The summed E-state index contributed by atoms with van der Waals surface area (Å²) in [7, 11) is 0. The Morgan fingerprint density at radius 1 is 0.475 bits per heavy atom. The van der Waals surface area contributed by atoms with E-state index in [4.69, 9.17) is 26.7 Å². The van der Waals surface area contributed by atoms with Crippen molar-refractivity contribution >= 4 is 23.9 Å². The molecule has 0 aromatic heterocycles. The van der Waals surface area contributed by atoms with Crippen LogP contribution in [0.3, 0.4) is 0 Å². The van der Waals surface area contributed by atoms with Crippen LogP contribution in [0.25, 0.3) is 0 Å². The highest BCUT2D eigenvalue weighted by atomic mass is 16.5. The van der Waals surface area contributed by atoms with Gasteiger partial charge < -0.3 is 25.8 Å². The monoisotopic (exact) mass is 836 g/mol. The zero-order valence-corrected chi connectivity index (χ0v) is 39.5. The highest BCUT2D eigenvalue weighted by molar-refractivity contribution is 5.89. The third-order valence-corrected chi connectivity index (χ3v) is 11.6. The van der Waals surface area contributed by atoms with E-state index in [0.717, 1.165) is 110 Å². The fourth-order valence-electron chi connectivity index (χ4n) is 7.86. The normalized spacial score (nSPS) is 12.3. The molecule has 0 aliphatic heterocycles. The molecule has 0 saturated carbocycles. The minimum atomic E-state index is -0.0461. The minimum Gasteiger partial charge on any atom is -0.462 e. The topological polar surface area (TPSA) is 160 Å². The van der Waals surface area contributed by atoms with Crippen molar-refractivity contribution in [1.82, 2.24) is 4.90 Å². The number of rotatable bonds is 44. The van der Waals surface area contributed by atoms with Crippen LogP contribution >= 0.6 is 0 Å². The van der Waals surface area contributed by atoms with Crippen molar-refractivity contribution in [2.45, 2.75) is 265 Å². The number of hydrogen-bond acceptors (Lipinski definition) is 5. The standard InChI is InChI=1S/C49H98N6O4/c1-5-9-12-15-20-27-35-44(8-4)58-46(56)38-30-23-18-25-32-41-55(43-34-40-53-49(52)54-48(50)51)42-33-26-19-24-31-39-47(57)59-45(36-28-21-16-13-10-6-2)37-29-22-17-14-11-7-3/h44-45H,5-43H2,1-4H3,(H6,50,51,52,53,54)/p+1. The fraction of sp³-hybridized carbons (Fsp3) is 0.918. The Kier molecular flexibility index (Phi) is 42.0. The number of guanidine groups is 2. The van der Waals surface area contributed by atoms with Gasteiger partial charge in [0.1, 0.15) is 12.2 Å². The molecular formula is C49H99N6O4+. The van der Waals surface area contributed by atoms with Gasteiger partial charge in [0.25, 0.3) is 5.96 Å². The molecule has 0 fully saturated rings. The number of hydrogen-bond donors (Lipinski definition) is 4. The van der Waals surface area contributed by atoms with E-state index in [1.165, 1.54) is 122 Å². The van der Waals surface area contributed by atoms with E-state index in [2.05, 4.69) is 42.6 Å². The van der Waals surface area contributed by atoms with Gasteiger partial charge in [0.15, 0.2) is 0 Å². The summed E-state index contributed by atoms with van der Waals surface area (Å²) < 4.78 is 11.9. The molecule has 0 aromatic rings. The van der Waals surface area contributed by atoms with Crippen molar-refractivity contribution in [3.63, 3.8) is 0 Å². The molecule has 348 valence electrons. The number of ether oxygens (including phenoxy) is 2. The second-order valence-corrected chi connectivity index (χ2v) is 17.4. The number of nitrogens with zero attached hydrogens (tertiary/aromatic N) is 2. The maximum atomic E-state index is 12.8. The molecule has 0 bridgehead atoms. The maximum absolute atomic E-state index is 12.8. The smallest absolute Gasteiger partial charge is 0.385 e. The molecule has 0 radical (unpaired) electrons. The second kappa shape index (κ2) is 43.7. The molecule has 0 aromatic carbocycles. The number of carbonyl (C=O) groups is 2. The lowest BCUT2D eigenvalue weighted by molar-refractivity contribution is -0.459. The van der Waals surface area contributed by atoms with Gasteiger partial charge in [0.2, 0.25) is 0 Å². The third kappa shape index (κ3) is 40.8. The van der Waals surface area contributed by atoms with E-state index < -0.39 is 0 Å². The first kappa shape index (κ1) is 56.6. The van der Waals surface area contributed by atoms with Crippen LogP contribution in [-0.4, -0.2) is 67.1 Å². The number of esters is 2. The van der Waals surface area contributed by atoms with E-state index in [1.54, 1.807) is 0 Å². The molecule has 0 aliphatic carbocycles. The molecule has 0 aliphatic rings. The molecule has 1 atom stereocenters. The molecule has 0 saturated heterocycles. The quantitative estimate of drug-likeness (QED) is 0.0204. The van der Waals surface area contributed by atoms with Gasteiger partial charge in [0.05, 0.1) is 6.54 Å². The Labute approximate surface area is 364 Å². The predicted molar refractivity (Wildman–Crippen MR) is 251 cm³/mol. The van der Waals surface area contributed by atoms with Gasteiger partial charge in [-0.3, -0.25) is 20.3 Å². The van der Waals surface area contributed by atoms with E-state index in [1.807, 2.05) is 0 Å². The largest absolute Gasteiger partial charge is 0.462 e. The fourth-order valence-corrected chi connectivity index (χ4v) is 7.86. The Hall–Kier alpha value is -2.36. The summed E-state index contributed by atoms with van der Waals surface area (Å²) in [5, 5.41) is 0. The molecule has 10 heteroatoms. The van der Waals surface area contributed by atoms with Gasteiger partial charge in [-0.15, -0.1) is 0 Å². The van der Waals surface area contributed by atoms with Crippen molar-refractivity contribution < 1.29 is 24.1 Å². The van der Waals surface area contributed by atoms with Gasteiger partial charge in [-0.05, 0) is 95.1 Å². The SMILES string of the molecule is CCCCCCCCC(CC)OC(=O)CCCCCCCN(CCCCCCCC(=O)OC(CCCCCCCC)CCCCCCCC)CCC[NH+]=C(N)N=C(N)N. The van der Waals surface area contributed by atoms with Crippen molar-refractivity contribution in [2.75, 3.05) is 26.2 Å². The van der Waals surface area contributed by atoms with E-state index in [-0.39, 0.29) is 36.1 Å². The van der Waals surface area contributed by atoms with Crippen LogP contribution in [0.15, 0.2) is 4.99 Å². The Balaban J connectivity index is 4.54. The summed E-state index contributed by atoms with van der Waals surface area (Å²) in [4.78, 5) is 34.9. The molecule has 0 spiro atoms. The van der Waals surface area contributed by atoms with Gasteiger partial charge in [-0.25, -0.2) is 0 Å². The highest BCUT2D eigenvalue weighted by Gasteiger charge is 2.15. The zero-order chi connectivity index (χ0) is 43.4. The lowest BCUT2D eigenvalue weighted by atomic mass is 10.0. The molecular weight excluding hydrogens is 737 g/mol. The molecule has 0 amide bonds. The number of unbranched alkanes of at least 4 members (excludes halogenated alkanes) is 23. The van der Waals surface area contributed by atoms with Crippen LogP contribution in [0, 0.1) is 0 Å². The molecule has 10 nitrogen and oxygen atoms in total. The summed E-state index contributed by atoms with van der Waals surface area (Å²) in [5.41, 5.74) is 16.7. The molecule has 0 heterocycles. The van der Waals surface area contributed by atoms with E-state index in [0.29, 0.717) is 19.4 Å². The summed E-state index contributed by atoms with van der Waals surface area (Å²) in [6.07, 6.45) is 40.0. The summed E-state index contributed by atoms with van der Waals surface area (Å²) in [6.45, 7) is 12.7. The van der Waals surface area contributed by atoms with Crippen LogP contribution in [-0.2, 0) is 19.1 Å². The maximum Gasteiger partial charge on any atom is 0.385 e. The predicted octanol–water partition coefficient (Wildman–Crippen LogP) is 10.5. The van der Waals surface area contributed by atoms with Gasteiger partial charge in [-0.1, -0.05) is 163 Å². The van der Waals surface area contributed by atoms with Crippen LogP contribution in [0.2, 0.25) is 0 Å². The second-order valence-electron chi connectivity index (χ2n) is 17.4. The number of nitrogens with one attached hydrogen (secondary N) is 1. The van der Waals surface area contributed by atoms with E-state index >= 15 is 0 Å². The highest BCUT2D eigenvalue weighted by Crippen LogP contribution is 2.19. The first-order valence-electron chi connectivity index (χ1n) is 25.3. The summed E-state index contributed by atoms with van der Waals surface area (Å²) in [5.74, 6) is 0.188. The summed E-state index contributed by atoms with van der Waals surface area (Å²) in [6, 6.07) is 0. The molecule has 59 heavy (non-hydrogen) atoms. The lowest BCUT2D eigenvalue weighted by Gasteiger charge is -2.22. The average molecular weight is 836 g/mol. The van der Waals surface area contributed by atoms with Crippen LogP contribution in [0.5, 0.6) is 0 Å². The minimum absolute atomic E-state index is 0.00772. The average Bonchev–Trinajstić information content (AvgIpc) is 3.21. The van der Waals surface area contributed by atoms with Crippen LogP contribution < -0.4 is 22.2 Å². The zero-order valence-electron chi connectivity index (χ0n) is 39.5. The lowest BCUT2D eigenvalue weighted by Crippen LogP contribution is -2.75. The molecule has 0 rings (SSSR count). The van der Waals surface area contributed by atoms with Crippen molar-refractivity contribution in [3.05, 3.63) is 0 Å². The number of nitrogens with two attached hydrogens (primary N) is 3. The van der Waals surface area contributed by atoms with Gasteiger partial charge >= 0.3 is 17.9 Å². The first-order chi connectivity index (χ1) is 28.7.